The zero-order valence-corrected chi connectivity index (χ0v) is 14.6. The third kappa shape index (κ3) is 3.17. The van der Waals surface area contributed by atoms with Crippen molar-refractivity contribution in [2.75, 3.05) is 0 Å². The van der Waals surface area contributed by atoms with Gasteiger partial charge in [-0.3, -0.25) is 4.79 Å². The van der Waals surface area contributed by atoms with Crippen LogP contribution in [0.15, 0.2) is 83.7 Å². The Balaban J connectivity index is 1.91. The number of fused-ring (bicyclic) bond motifs is 1. The van der Waals surface area contributed by atoms with E-state index in [9.17, 15) is 4.79 Å². The van der Waals surface area contributed by atoms with Crippen LogP contribution >= 0.6 is 11.6 Å². The molecule has 1 aromatic heterocycles. The first-order valence-corrected chi connectivity index (χ1v) is 8.61. The molecule has 4 aromatic rings. The van der Waals surface area contributed by atoms with Crippen LogP contribution in [-0.2, 0) is 0 Å². The number of halogens is 1. The number of para-hydroxylation sites is 1. The van der Waals surface area contributed by atoms with Gasteiger partial charge >= 0.3 is 0 Å². The maximum atomic E-state index is 12.6. The molecular formula is C22H15ClN2O. The lowest BCUT2D eigenvalue weighted by Crippen LogP contribution is -2.04. The minimum Gasteiger partial charge on any atom is -0.288 e. The number of hydrogen-bond donors (Lipinski definition) is 0. The molecule has 0 aliphatic heterocycles. The molecule has 0 fully saturated rings. The predicted octanol–water partition coefficient (Wildman–Crippen LogP) is 5.21. The molecule has 0 atom stereocenters. The molecule has 0 N–H and O–H groups in total. The standard InChI is InChI=1S/C22H15ClN2O/c23-17-13-10-16(11-14-17)12-15-20-19-8-4-5-9-21(26)22(19)25(24-20)18-6-2-1-3-7-18/h1-15H/b15-12-. The minimum atomic E-state index is -0.0625. The third-order valence-corrected chi connectivity index (χ3v) is 4.36. The highest BCUT2D eigenvalue weighted by Gasteiger charge is 2.11. The molecule has 0 aliphatic rings. The average molecular weight is 359 g/mol. The van der Waals surface area contributed by atoms with Gasteiger partial charge in [-0.25, -0.2) is 4.68 Å². The van der Waals surface area contributed by atoms with E-state index in [2.05, 4.69) is 5.10 Å². The molecule has 4 rings (SSSR count). The smallest absolute Gasteiger partial charge is 0.204 e. The topological polar surface area (TPSA) is 34.9 Å². The van der Waals surface area contributed by atoms with Gasteiger partial charge in [0.1, 0.15) is 5.52 Å². The normalized spacial score (nSPS) is 11.3. The third-order valence-electron chi connectivity index (χ3n) is 4.11. The van der Waals surface area contributed by atoms with E-state index in [0.29, 0.717) is 10.5 Å². The lowest BCUT2D eigenvalue weighted by molar-refractivity contribution is 0.902. The van der Waals surface area contributed by atoms with Crippen molar-refractivity contribution in [1.82, 2.24) is 9.78 Å². The fraction of sp³-hybridized carbons (Fsp3) is 0. The van der Waals surface area contributed by atoms with Crippen LogP contribution in [0, 0.1) is 0 Å². The summed E-state index contributed by atoms with van der Waals surface area (Å²) in [6, 6.07) is 24.3. The van der Waals surface area contributed by atoms with Crippen molar-refractivity contribution in [1.29, 1.82) is 0 Å². The van der Waals surface area contributed by atoms with Gasteiger partial charge in [0.25, 0.3) is 0 Å². The van der Waals surface area contributed by atoms with E-state index >= 15 is 0 Å². The first kappa shape index (κ1) is 16.3. The first-order chi connectivity index (χ1) is 12.7. The molecule has 126 valence electrons. The van der Waals surface area contributed by atoms with E-state index in [0.717, 1.165) is 22.3 Å². The van der Waals surface area contributed by atoms with E-state index in [4.69, 9.17) is 11.6 Å². The molecule has 3 aromatic carbocycles. The van der Waals surface area contributed by atoms with Crippen molar-refractivity contribution in [3.05, 3.63) is 105 Å². The number of hydrogen-bond acceptors (Lipinski definition) is 2. The zero-order valence-electron chi connectivity index (χ0n) is 13.8. The summed E-state index contributed by atoms with van der Waals surface area (Å²) >= 11 is 5.94. The Labute approximate surface area is 155 Å². The average Bonchev–Trinajstić information content (AvgIpc) is 2.93. The lowest BCUT2D eigenvalue weighted by Gasteiger charge is -2.00. The lowest BCUT2D eigenvalue weighted by atomic mass is 10.2. The van der Waals surface area contributed by atoms with Crippen LogP contribution in [0.1, 0.15) is 11.3 Å². The maximum Gasteiger partial charge on any atom is 0.204 e. The largest absolute Gasteiger partial charge is 0.288 e. The Morgan fingerprint density at radius 3 is 2.27 bits per heavy atom. The van der Waals surface area contributed by atoms with Crippen LogP contribution in [0.3, 0.4) is 0 Å². The SMILES string of the molecule is O=c1ccccc2c(/C=C\c3ccc(Cl)cc3)nn(-c3ccccc3)c12. The van der Waals surface area contributed by atoms with Crippen LogP contribution < -0.4 is 5.43 Å². The van der Waals surface area contributed by atoms with Crippen molar-refractivity contribution in [3.63, 3.8) is 0 Å². The summed E-state index contributed by atoms with van der Waals surface area (Å²) in [6.45, 7) is 0. The molecule has 0 aliphatic carbocycles. The second-order valence-corrected chi connectivity index (χ2v) is 6.30. The Morgan fingerprint density at radius 1 is 0.808 bits per heavy atom. The van der Waals surface area contributed by atoms with Crippen LogP contribution in [0.25, 0.3) is 28.7 Å². The van der Waals surface area contributed by atoms with Crippen molar-refractivity contribution in [2.45, 2.75) is 0 Å². The summed E-state index contributed by atoms with van der Waals surface area (Å²) in [6.07, 6.45) is 3.88. The fourth-order valence-corrected chi connectivity index (χ4v) is 2.98. The molecule has 0 unspecified atom stereocenters. The number of rotatable bonds is 3. The Hall–Kier alpha value is -3.17. The van der Waals surface area contributed by atoms with E-state index in [1.165, 1.54) is 0 Å². The second-order valence-electron chi connectivity index (χ2n) is 5.86. The number of aromatic nitrogens is 2. The van der Waals surface area contributed by atoms with Gasteiger partial charge in [-0.1, -0.05) is 66.2 Å². The van der Waals surface area contributed by atoms with Gasteiger partial charge in [0, 0.05) is 10.4 Å². The number of nitrogens with zero attached hydrogens (tertiary/aromatic N) is 2. The van der Waals surface area contributed by atoms with Crippen molar-refractivity contribution in [3.8, 4) is 5.69 Å². The summed E-state index contributed by atoms with van der Waals surface area (Å²) in [5.41, 5.74) is 3.11. The summed E-state index contributed by atoms with van der Waals surface area (Å²) in [5.74, 6) is 0. The van der Waals surface area contributed by atoms with Gasteiger partial charge in [0.15, 0.2) is 0 Å². The highest BCUT2D eigenvalue weighted by atomic mass is 35.5. The summed E-state index contributed by atoms with van der Waals surface area (Å²) in [5, 5.41) is 6.20. The second kappa shape index (κ2) is 6.98. The quantitative estimate of drug-likeness (QED) is 0.504. The van der Waals surface area contributed by atoms with Crippen molar-refractivity contribution < 1.29 is 0 Å². The van der Waals surface area contributed by atoms with Crippen LogP contribution in [0.5, 0.6) is 0 Å². The van der Waals surface area contributed by atoms with E-state index in [1.807, 2.05) is 78.9 Å². The molecule has 26 heavy (non-hydrogen) atoms. The molecule has 3 nitrogen and oxygen atoms in total. The summed E-state index contributed by atoms with van der Waals surface area (Å²) in [4.78, 5) is 12.6. The Morgan fingerprint density at radius 2 is 1.50 bits per heavy atom. The molecule has 0 spiro atoms. The molecule has 0 amide bonds. The van der Waals surface area contributed by atoms with Gasteiger partial charge in [0.2, 0.25) is 5.43 Å². The van der Waals surface area contributed by atoms with Crippen LogP contribution in [0.2, 0.25) is 5.02 Å². The Kier molecular flexibility index (Phi) is 4.38. The van der Waals surface area contributed by atoms with E-state index in [1.54, 1.807) is 16.8 Å². The molecule has 1 heterocycles. The van der Waals surface area contributed by atoms with Gasteiger partial charge in [-0.2, -0.15) is 5.10 Å². The molecular weight excluding hydrogens is 344 g/mol. The predicted molar refractivity (Wildman–Crippen MR) is 108 cm³/mol. The highest BCUT2D eigenvalue weighted by Crippen LogP contribution is 2.21. The van der Waals surface area contributed by atoms with Crippen LogP contribution in [0.4, 0.5) is 0 Å². The maximum absolute atomic E-state index is 12.6. The molecule has 0 bridgehead atoms. The number of benzene rings is 2. The summed E-state index contributed by atoms with van der Waals surface area (Å²) < 4.78 is 1.71. The Bertz CT molecular complexity index is 1150. The van der Waals surface area contributed by atoms with Gasteiger partial charge in [-0.05, 0) is 42.0 Å². The van der Waals surface area contributed by atoms with E-state index < -0.39 is 0 Å². The minimum absolute atomic E-state index is 0.0625. The highest BCUT2D eigenvalue weighted by molar-refractivity contribution is 6.30. The molecule has 0 radical (unpaired) electrons. The molecule has 4 heteroatoms. The first-order valence-electron chi connectivity index (χ1n) is 8.23. The monoisotopic (exact) mass is 358 g/mol. The molecule has 0 saturated carbocycles. The van der Waals surface area contributed by atoms with Gasteiger partial charge in [0.05, 0.1) is 11.4 Å². The van der Waals surface area contributed by atoms with Crippen LogP contribution in [-0.4, -0.2) is 9.78 Å². The van der Waals surface area contributed by atoms with Crippen molar-refractivity contribution in [2.24, 2.45) is 0 Å². The van der Waals surface area contributed by atoms with Crippen molar-refractivity contribution >= 4 is 34.7 Å². The van der Waals surface area contributed by atoms with E-state index in [-0.39, 0.29) is 5.43 Å². The zero-order chi connectivity index (χ0) is 17.9. The molecule has 0 saturated heterocycles. The fourth-order valence-electron chi connectivity index (χ4n) is 2.85. The van der Waals surface area contributed by atoms with Gasteiger partial charge in [-0.15, -0.1) is 0 Å². The van der Waals surface area contributed by atoms with Gasteiger partial charge < -0.3 is 0 Å². The summed E-state index contributed by atoms with van der Waals surface area (Å²) in [7, 11) is 0.